The van der Waals surface area contributed by atoms with E-state index in [1.54, 1.807) is 12.1 Å². The highest BCUT2D eigenvalue weighted by molar-refractivity contribution is 7.17. The summed E-state index contributed by atoms with van der Waals surface area (Å²) in [6.45, 7) is 0. The van der Waals surface area contributed by atoms with Crippen molar-refractivity contribution >= 4 is 33.6 Å². The van der Waals surface area contributed by atoms with Crippen LogP contribution in [0, 0.1) is 15.9 Å². The van der Waals surface area contributed by atoms with E-state index in [-0.39, 0.29) is 15.7 Å². The van der Waals surface area contributed by atoms with E-state index in [9.17, 15) is 19.3 Å². The Morgan fingerprint density at radius 1 is 1.17 bits per heavy atom. The van der Waals surface area contributed by atoms with Crippen molar-refractivity contribution in [3.05, 3.63) is 85.2 Å². The number of halogens is 1. The number of nitro groups is 1. The van der Waals surface area contributed by atoms with Gasteiger partial charge in [-0.3, -0.25) is 14.9 Å². The number of amides is 1. The Morgan fingerprint density at radius 2 is 1.92 bits per heavy atom. The molecule has 0 aliphatic rings. The molecule has 1 amide bonds. The number of carbonyl (C=O) groups is 1. The number of nitrogens with one attached hydrogen (secondary N) is 1. The van der Waals surface area contributed by atoms with Gasteiger partial charge in [-0.15, -0.1) is 11.3 Å². The van der Waals surface area contributed by atoms with E-state index in [1.807, 2.05) is 17.5 Å². The van der Waals surface area contributed by atoms with Crippen LogP contribution >= 0.6 is 22.7 Å². The van der Waals surface area contributed by atoms with Crippen LogP contribution < -0.4 is 5.32 Å². The monoisotopic (exact) mass is 362 g/mol. The molecule has 1 N–H and O–H groups in total. The Hall–Kier alpha value is -2.58. The lowest BCUT2D eigenvalue weighted by atomic mass is 10.1. The molecule has 5 nitrogen and oxygen atoms in total. The van der Waals surface area contributed by atoms with Gasteiger partial charge in [0.05, 0.1) is 15.8 Å². The summed E-state index contributed by atoms with van der Waals surface area (Å²) in [6.07, 6.45) is 0. The molecule has 0 aliphatic carbocycles. The summed E-state index contributed by atoms with van der Waals surface area (Å²) in [5, 5.41) is 15.4. The summed E-state index contributed by atoms with van der Waals surface area (Å²) in [5.41, 5.74) is 0.734. The van der Waals surface area contributed by atoms with Crippen molar-refractivity contribution in [2.45, 2.75) is 6.04 Å². The molecule has 0 spiro atoms. The van der Waals surface area contributed by atoms with Gasteiger partial charge in [-0.2, -0.15) is 0 Å². The zero-order valence-corrected chi connectivity index (χ0v) is 13.8. The Labute approximate surface area is 144 Å². The molecule has 0 bridgehead atoms. The number of nitrogens with zero attached hydrogens (tertiary/aromatic N) is 1. The molecular weight excluding hydrogens is 351 g/mol. The average Bonchev–Trinajstić information content (AvgIpc) is 3.25. The maximum atomic E-state index is 13.2. The molecule has 0 saturated heterocycles. The number of thiophene rings is 2. The maximum Gasteiger partial charge on any atom is 0.324 e. The van der Waals surface area contributed by atoms with E-state index < -0.39 is 16.9 Å². The van der Waals surface area contributed by atoms with Gasteiger partial charge in [0.2, 0.25) is 0 Å². The van der Waals surface area contributed by atoms with Crippen molar-refractivity contribution in [2.24, 2.45) is 0 Å². The van der Waals surface area contributed by atoms with Gasteiger partial charge >= 0.3 is 5.00 Å². The Morgan fingerprint density at radius 3 is 2.50 bits per heavy atom. The van der Waals surface area contributed by atoms with Crippen molar-refractivity contribution in [2.75, 3.05) is 0 Å². The highest BCUT2D eigenvalue weighted by Crippen LogP contribution is 2.28. The average molecular weight is 362 g/mol. The van der Waals surface area contributed by atoms with Gasteiger partial charge in [0.15, 0.2) is 0 Å². The SMILES string of the molecule is O=C(N[C@H](c1ccc(F)cc1)c1cccs1)c1ccc([N+](=O)[O-])s1. The van der Waals surface area contributed by atoms with E-state index in [2.05, 4.69) is 5.32 Å². The van der Waals surface area contributed by atoms with Crippen molar-refractivity contribution in [3.8, 4) is 0 Å². The second-order valence-electron chi connectivity index (χ2n) is 4.87. The molecule has 0 fully saturated rings. The first-order chi connectivity index (χ1) is 11.5. The second kappa shape index (κ2) is 6.90. The predicted molar refractivity (Wildman–Crippen MR) is 91.0 cm³/mol. The summed E-state index contributed by atoms with van der Waals surface area (Å²) in [7, 11) is 0. The number of benzene rings is 1. The fraction of sp³-hybridized carbons (Fsp3) is 0.0625. The van der Waals surface area contributed by atoms with Crippen molar-refractivity contribution in [1.29, 1.82) is 0 Å². The van der Waals surface area contributed by atoms with E-state index in [0.29, 0.717) is 0 Å². The molecule has 8 heteroatoms. The third-order valence-corrected chi connectivity index (χ3v) is 5.27. The third kappa shape index (κ3) is 3.50. The van der Waals surface area contributed by atoms with Crippen LogP contribution in [0.4, 0.5) is 9.39 Å². The number of hydrogen-bond acceptors (Lipinski definition) is 5. The molecule has 1 aromatic carbocycles. The topological polar surface area (TPSA) is 72.2 Å². The lowest BCUT2D eigenvalue weighted by Crippen LogP contribution is -2.28. The molecule has 2 heterocycles. The molecule has 1 atom stereocenters. The summed E-state index contributed by atoms with van der Waals surface area (Å²) < 4.78 is 13.2. The van der Waals surface area contributed by atoms with Crippen molar-refractivity contribution in [1.82, 2.24) is 5.32 Å². The normalized spacial score (nSPS) is 11.9. The molecule has 0 aliphatic heterocycles. The molecule has 0 radical (unpaired) electrons. The molecule has 0 saturated carbocycles. The smallest absolute Gasteiger partial charge is 0.324 e. The van der Waals surface area contributed by atoms with E-state index in [0.717, 1.165) is 21.8 Å². The summed E-state index contributed by atoms with van der Waals surface area (Å²) in [6, 6.07) is 11.9. The zero-order valence-electron chi connectivity index (χ0n) is 12.1. The van der Waals surface area contributed by atoms with Crippen LogP contribution in [-0.2, 0) is 0 Å². The Bertz CT molecular complexity index is 860. The summed E-state index contributed by atoms with van der Waals surface area (Å²) in [4.78, 5) is 23.8. The summed E-state index contributed by atoms with van der Waals surface area (Å²) in [5.74, 6) is -0.764. The molecular formula is C16H11FN2O3S2. The lowest BCUT2D eigenvalue weighted by molar-refractivity contribution is -0.380. The minimum Gasteiger partial charge on any atom is -0.340 e. The maximum absolute atomic E-state index is 13.2. The minimum atomic E-state index is -0.530. The van der Waals surface area contributed by atoms with Crippen LogP contribution in [0.1, 0.15) is 26.2 Å². The third-order valence-electron chi connectivity index (χ3n) is 3.30. The molecule has 24 heavy (non-hydrogen) atoms. The Balaban J connectivity index is 1.87. The van der Waals surface area contributed by atoms with Gasteiger partial charge in [0, 0.05) is 10.9 Å². The number of carbonyl (C=O) groups excluding carboxylic acids is 1. The number of rotatable bonds is 5. The molecule has 2 aromatic heterocycles. The van der Waals surface area contributed by atoms with Crippen LogP contribution in [0.25, 0.3) is 0 Å². The predicted octanol–water partition coefficient (Wildman–Crippen LogP) is 4.38. The first kappa shape index (κ1) is 16.3. The van der Waals surface area contributed by atoms with Gasteiger partial charge in [-0.05, 0) is 35.2 Å². The van der Waals surface area contributed by atoms with E-state index in [1.165, 1.54) is 35.6 Å². The highest BCUT2D eigenvalue weighted by Gasteiger charge is 2.21. The van der Waals surface area contributed by atoms with Crippen molar-refractivity contribution in [3.63, 3.8) is 0 Å². The van der Waals surface area contributed by atoms with Crippen LogP contribution in [0.2, 0.25) is 0 Å². The quantitative estimate of drug-likeness (QED) is 0.541. The highest BCUT2D eigenvalue weighted by atomic mass is 32.1. The molecule has 0 unspecified atom stereocenters. The van der Waals surface area contributed by atoms with Crippen LogP contribution in [0.5, 0.6) is 0 Å². The molecule has 3 aromatic rings. The van der Waals surface area contributed by atoms with Gasteiger partial charge in [0.25, 0.3) is 5.91 Å². The van der Waals surface area contributed by atoms with Gasteiger partial charge < -0.3 is 5.32 Å². The van der Waals surface area contributed by atoms with Crippen LogP contribution in [0.15, 0.2) is 53.9 Å². The van der Waals surface area contributed by atoms with Gasteiger partial charge in [-0.25, -0.2) is 4.39 Å². The fourth-order valence-corrected chi connectivity index (χ4v) is 3.71. The second-order valence-corrected chi connectivity index (χ2v) is 6.91. The standard InChI is InChI=1S/C16H11FN2O3S2/c17-11-5-3-10(4-6-11)15(12-2-1-9-23-12)18-16(20)13-7-8-14(24-13)19(21)22/h1-9,15H,(H,18,20)/t15-/m1/s1. The Kier molecular flexibility index (Phi) is 4.68. The van der Waals surface area contributed by atoms with Gasteiger partial charge in [0.1, 0.15) is 5.82 Å². The molecule has 3 rings (SSSR count). The first-order valence-corrected chi connectivity index (χ1v) is 8.58. The minimum absolute atomic E-state index is 0.0883. The summed E-state index contributed by atoms with van der Waals surface area (Å²) >= 11 is 2.28. The largest absolute Gasteiger partial charge is 0.340 e. The fourth-order valence-electron chi connectivity index (χ4n) is 2.18. The van der Waals surface area contributed by atoms with E-state index >= 15 is 0 Å². The lowest BCUT2D eigenvalue weighted by Gasteiger charge is -2.17. The van der Waals surface area contributed by atoms with E-state index in [4.69, 9.17) is 0 Å². The van der Waals surface area contributed by atoms with Gasteiger partial charge in [-0.1, -0.05) is 29.5 Å². The first-order valence-electron chi connectivity index (χ1n) is 6.88. The zero-order chi connectivity index (χ0) is 17.1. The van der Waals surface area contributed by atoms with Crippen LogP contribution in [-0.4, -0.2) is 10.8 Å². The van der Waals surface area contributed by atoms with Crippen molar-refractivity contribution < 1.29 is 14.1 Å². The van der Waals surface area contributed by atoms with Crippen LogP contribution in [0.3, 0.4) is 0 Å². The number of hydrogen-bond donors (Lipinski definition) is 1. The molecule has 122 valence electrons.